The summed E-state index contributed by atoms with van der Waals surface area (Å²) in [6.07, 6.45) is 0. The lowest BCUT2D eigenvalue weighted by Gasteiger charge is -2.17. The summed E-state index contributed by atoms with van der Waals surface area (Å²) in [5.41, 5.74) is 12.5. The number of hydrogen-bond donors (Lipinski definition) is 0. The quantitative estimate of drug-likeness (QED) is 0.184. The average Bonchev–Trinajstić information content (AvgIpc) is 3.88. The molecule has 0 bridgehead atoms. The van der Waals surface area contributed by atoms with Crippen LogP contribution >= 0.6 is 0 Å². The highest BCUT2D eigenvalue weighted by atomic mass is 15.0. The number of para-hydroxylation sites is 5. The summed E-state index contributed by atoms with van der Waals surface area (Å²) in [6, 6.07) is 66.0. The molecule has 11 rings (SSSR count). The van der Waals surface area contributed by atoms with E-state index in [0.717, 1.165) is 82.8 Å². The van der Waals surface area contributed by atoms with Gasteiger partial charge in [-0.25, -0.2) is 0 Å². The van der Waals surface area contributed by atoms with Gasteiger partial charge in [-0.15, -0.1) is 0 Å². The Balaban J connectivity index is 1.18. The van der Waals surface area contributed by atoms with Gasteiger partial charge in [0.15, 0.2) is 0 Å². The third kappa shape index (κ3) is 4.45. The molecule has 0 aliphatic heterocycles. The van der Waals surface area contributed by atoms with Crippen LogP contribution in [0.3, 0.4) is 0 Å². The first kappa shape index (κ1) is 30.7. The van der Waals surface area contributed by atoms with Crippen molar-refractivity contribution in [1.29, 1.82) is 10.5 Å². The molecule has 0 aliphatic rings. The molecule has 3 aromatic heterocycles. The van der Waals surface area contributed by atoms with E-state index in [-0.39, 0.29) is 0 Å². The first-order valence-corrected chi connectivity index (χ1v) is 18.3. The van der Waals surface area contributed by atoms with Gasteiger partial charge in [-0.3, -0.25) is 0 Å². The Bertz CT molecular complexity index is 3420. The van der Waals surface area contributed by atoms with Gasteiger partial charge in [0.25, 0.3) is 0 Å². The van der Waals surface area contributed by atoms with Crippen LogP contribution in [-0.2, 0) is 0 Å². The zero-order valence-electron chi connectivity index (χ0n) is 29.5. The predicted molar refractivity (Wildman–Crippen MR) is 224 cm³/mol. The van der Waals surface area contributed by atoms with Crippen molar-refractivity contribution in [2.75, 3.05) is 0 Å². The SMILES string of the molecule is N#Cc1ccc2c(c1)c1ccccc1n2-c1cccc(-c2cccc(C#N)c2-n2c3ccccc3c3ccc(-n4c5ccccc5c5ccccc54)cc32)c1. The lowest BCUT2D eigenvalue weighted by molar-refractivity contribution is 1.15. The van der Waals surface area contributed by atoms with E-state index >= 15 is 0 Å². The Kier molecular flexibility index (Phi) is 6.61. The van der Waals surface area contributed by atoms with Gasteiger partial charge in [0.05, 0.1) is 56.0 Å². The van der Waals surface area contributed by atoms with Gasteiger partial charge in [0, 0.05) is 49.3 Å². The molecule has 0 radical (unpaired) electrons. The van der Waals surface area contributed by atoms with E-state index in [9.17, 15) is 10.5 Å². The van der Waals surface area contributed by atoms with Crippen molar-refractivity contribution in [3.8, 4) is 40.3 Å². The summed E-state index contributed by atoms with van der Waals surface area (Å²) < 4.78 is 6.89. The molecule has 0 aliphatic carbocycles. The highest BCUT2D eigenvalue weighted by molar-refractivity contribution is 6.13. The number of rotatable bonds is 4. The first-order chi connectivity index (χ1) is 27.2. The summed E-state index contributed by atoms with van der Waals surface area (Å²) in [5.74, 6) is 0. The second-order valence-electron chi connectivity index (χ2n) is 14.0. The lowest BCUT2D eigenvalue weighted by Crippen LogP contribution is -2.02. The number of nitrogens with zero attached hydrogens (tertiary/aromatic N) is 5. The second-order valence-corrected chi connectivity index (χ2v) is 14.0. The summed E-state index contributed by atoms with van der Waals surface area (Å²) in [4.78, 5) is 0. The minimum absolute atomic E-state index is 0.591. The molecule has 55 heavy (non-hydrogen) atoms. The van der Waals surface area contributed by atoms with Crippen molar-refractivity contribution in [2.24, 2.45) is 0 Å². The molecular formula is C50H29N5. The van der Waals surface area contributed by atoms with Crippen molar-refractivity contribution in [2.45, 2.75) is 0 Å². The number of fused-ring (bicyclic) bond motifs is 9. The summed E-state index contributed by atoms with van der Waals surface area (Å²) in [5, 5.41) is 27.3. The molecule has 0 spiro atoms. The van der Waals surface area contributed by atoms with Crippen molar-refractivity contribution < 1.29 is 0 Å². The van der Waals surface area contributed by atoms with Gasteiger partial charge in [-0.2, -0.15) is 10.5 Å². The molecule has 0 atom stereocenters. The molecule has 0 saturated heterocycles. The van der Waals surface area contributed by atoms with Gasteiger partial charge >= 0.3 is 0 Å². The predicted octanol–water partition coefficient (Wildman–Crippen LogP) is 12.4. The molecule has 8 aromatic carbocycles. The Morgan fingerprint density at radius 2 is 0.873 bits per heavy atom. The fourth-order valence-corrected chi connectivity index (χ4v) is 8.78. The molecule has 3 heterocycles. The molecule has 5 heteroatoms. The second kappa shape index (κ2) is 11.8. The molecule has 11 aromatic rings. The van der Waals surface area contributed by atoms with Crippen molar-refractivity contribution in [3.05, 3.63) is 187 Å². The summed E-state index contributed by atoms with van der Waals surface area (Å²) in [6.45, 7) is 0. The van der Waals surface area contributed by atoms with Crippen molar-refractivity contribution >= 4 is 65.4 Å². The lowest BCUT2D eigenvalue weighted by atomic mass is 9.99. The minimum Gasteiger partial charge on any atom is -0.309 e. The van der Waals surface area contributed by atoms with Crippen LogP contribution in [0, 0.1) is 22.7 Å². The van der Waals surface area contributed by atoms with E-state index in [1.54, 1.807) is 0 Å². The maximum atomic E-state index is 10.8. The fourth-order valence-electron chi connectivity index (χ4n) is 8.78. The molecule has 0 unspecified atom stereocenters. The Labute approximate surface area is 316 Å². The van der Waals surface area contributed by atoms with E-state index in [2.05, 4.69) is 165 Å². The molecule has 0 fully saturated rings. The highest BCUT2D eigenvalue weighted by Gasteiger charge is 2.21. The number of nitriles is 2. The topological polar surface area (TPSA) is 62.4 Å². The zero-order valence-corrected chi connectivity index (χ0v) is 29.5. The molecule has 254 valence electrons. The van der Waals surface area contributed by atoms with Crippen LogP contribution in [0.2, 0.25) is 0 Å². The molecule has 5 nitrogen and oxygen atoms in total. The molecule has 0 N–H and O–H groups in total. The number of benzene rings is 8. The third-order valence-electron chi connectivity index (χ3n) is 11.1. The maximum absolute atomic E-state index is 10.8. The largest absolute Gasteiger partial charge is 0.309 e. The van der Waals surface area contributed by atoms with Crippen LogP contribution in [-0.4, -0.2) is 13.7 Å². The molecular weight excluding hydrogens is 671 g/mol. The normalized spacial score (nSPS) is 11.6. The van der Waals surface area contributed by atoms with Crippen LogP contribution < -0.4 is 0 Å². The van der Waals surface area contributed by atoms with E-state index in [0.29, 0.717) is 11.1 Å². The maximum Gasteiger partial charge on any atom is 0.101 e. The molecule has 0 amide bonds. The summed E-state index contributed by atoms with van der Waals surface area (Å²) >= 11 is 0. The van der Waals surface area contributed by atoms with Crippen LogP contribution in [0.1, 0.15) is 11.1 Å². The average molecular weight is 700 g/mol. The summed E-state index contributed by atoms with van der Waals surface area (Å²) in [7, 11) is 0. The van der Waals surface area contributed by atoms with Crippen LogP contribution in [0.25, 0.3) is 93.6 Å². The Morgan fingerprint density at radius 3 is 1.49 bits per heavy atom. The third-order valence-corrected chi connectivity index (χ3v) is 11.1. The van der Waals surface area contributed by atoms with Gasteiger partial charge in [0.1, 0.15) is 6.07 Å². The Morgan fingerprint density at radius 1 is 0.345 bits per heavy atom. The van der Waals surface area contributed by atoms with Gasteiger partial charge in [0.2, 0.25) is 0 Å². The van der Waals surface area contributed by atoms with Crippen molar-refractivity contribution in [1.82, 2.24) is 13.7 Å². The first-order valence-electron chi connectivity index (χ1n) is 18.3. The van der Waals surface area contributed by atoms with Crippen LogP contribution in [0.5, 0.6) is 0 Å². The van der Waals surface area contributed by atoms with E-state index in [4.69, 9.17) is 0 Å². The smallest absolute Gasteiger partial charge is 0.101 e. The van der Waals surface area contributed by atoms with Gasteiger partial charge < -0.3 is 13.7 Å². The standard InChI is InChI=1S/C50H29N5/c51-30-32-23-26-48-43(27-32)41-17-4-7-21-46(41)53(48)35-13-9-11-33(28-35)37-18-10-12-34(31-52)50(37)55-47-22-8-3-16-40(47)42-25-24-36(29-49(42)55)54-44-19-5-1-14-38(44)39-15-2-6-20-45(39)54/h1-29H. The highest BCUT2D eigenvalue weighted by Crippen LogP contribution is 2.41. The minimum atomic E-state index is 0.591. The number of aromatic nitrogens is 3. The van der Waals surface area contributed by atoms with E-state index in [1.807, 2.05) is 36.4 Å². The van der Waals surface area contributed by atoms with Crippen LogP contribution in [0.4, 0.5) is 0 Å². The van der Waals surface area contributed by atoms with E-state index < -0.39 is 0 Å². The van der Waals surface area contributed by atoms with Crippen molar-refractivity contribution in [3.63, 3.8) is 0 Å². The van der Waals surface area contributed by atoms with Crippen LogP contribution in [0.15, 0.2) is 176 Å². The monoisotopic (exact) mass is 699 g/mol. The fraction of sp³-hybridized carbons (Fsp3) is 0. The zero-order chi connectivity index (χ0) is 36.6. The molecule has 0 saturated carbocycles. The van der Waals surface area contributed by atoms with Gasteiger partial charge in [-0.1, -0.05) is 103 Å². The van der Waals surface area contributed by atoms with E-state index in [1.165, 1.54) is 10.8 Å². The Hall–Kier alpha value is -7.86. The number of hydrogen-bond acceptors (Lipinski definition) is 2. The van der Waals surface area contributed by atoms with Gasteiger partial charge in [-0.05, 0) is 78.4 Å².